The average Bonchev–Trinajstić information content (AvgIpc) is 2.60. The zero-order chi connectivity index (χ0) is 21.2. The summed E-state index contributed by atoms with van der Waals surface area (Å²) >= 11 is 0. The highest BCUT2D eigenvalue weighted by atomic mass is 16.2. The van der Waals surface area contributed by atoms with E-state index in [0.29, 0.717) is 22.9 Å². The van der Waals surface area contributed by atoms with Gasteiger partial charge in [0.15, 0.2) is 11.6 Å². The Labute approximate surface area is 172 Å². The number of hydrazine groups is 1. The Bertz CT molecular complexity index is 878. The summed E-state index contributed by atoms with van der Waals surface area (Å²) < 4.78 is 0. The number of nitrogen functional groups attached to an aromatic ring is 1. The SMILES string of the molecule is Cc1ccccc1C(=O)NNc1ncnc(NC2CC(C)(C)NC(C)(C)C2)c1N. The number of aromatic nitrogens is 2. The Hall–Kier alpha value is -2.87. The summed E-state index contributed by atoms with van der Waals surface area (Å²) in [5.41, 5.74) is 13.6. The van der Waals surface area contributed by atoms with Crippen molar-refractivity contribution in [2.45, 2.75) is 64.6 Å². The van der Waals surface area contributed by atoms with Crippen LogP contribution in [0.25, 0.3) is 0 Å². The number of anilines is 3. The third-order valence-corrected chi connectivity index (χ3v) is 5.10. The Kier molecular flexibility index (Phi) is 5.66. The molecule has 1 aliphatic heterocycles. The molecule has 0 unspecified atom stereocenters. The number of benzene rings is 1. The van der Waals surface area contributed by atoms with E-state index in [-0.39, 0.29) is 23.0 Å². The van der Waals surface area contributed by atoms with Crippen LogP contribution in [0.15, 0.2) is 30.6 Å². The summed E-state index contributed by atoms with van der Waals surface area (Å²) in [4.78, 5) is 20.9. The standard InChI is InChI=1S/C21H31N7O/c1-13-8-6-7-9-15(13)19(29)27-26-18-16(22)17(23-12-24-18)25-14-10-20(2,3)28-21(4,5)11-14/h6-9,12,14,28H,10-11,22H2,1-5H3,(H,27,29)(H2,23,24,25,26). The summed E-state index contributed by atoms with van der Waals surface area (Å²) in [5, 5.41) is 7.12. The first-order valence-electron chi connectivity index (χ1n) is 9.85. The van der Waals surface area contributed by atoms with Gasteiger partial charge in [-0.3, -0.25) is 15.6 Å². The largest absolute Gasteiger partial charge is 0.393 e. The highest BCUT2D eigenvalue weighted by Gasteiger charge is 2.37. The van der Waals surface area contributed by atoms with Crippen molar-refractivity contribution in [2.75, 3.05) is 16.5 Å². The molecule has 0 radical (unpaired) electrons. The van der Waals surface area contributed by atoms with Crippen molar-refractivity contribution < 1.29 is 4.79 Å². The molecule has 1 aromatic carbocycles. The quantitative estimate of drug-likeness (QED) is 0.493. The van der Waals surface area contributed by atoms with Crippen molar-refractivity contribution in [1.82, 2.24) is 20.7 Å². The number of piperidine rings is 1. The van der Waals surface area contributed by atoms with Crippen molar-refractivity contribution in [3.8, 4) is 0 Å². The van der Waals surface area contributed by atoms with Gasteiger partial charge >= 0.3 is 0 Å². The van der Waals surface area contributed by atoms with Crippen molar-refractivity contribution in [2.24, 2.45) is 0 Å². The maximum atomic E-state index is 12.4. The van der Waals surface area contributed by atoms with Crippen molar-refractivity contribution in [1.29, 1.82) is 0 Å². The van der Waals surface area contributed by atoms with Gasteiger partial charge < -0.3 is 16.4 Å². The van der Waals surface area contributed by atoms with E-state index in [1.165, 1.54) is 6.33 Å². The van der Waals surface area contributed by atoms with Gasteiger partial charge in [-0.25, -0.2) is 9.97 Å². The van der Waals surface area contributed by atoms with E-state index in [2.05, 4.69) is 59.1 Å². The molecular weight excluding hydrogens is 366 g/mol. The lowest BCUT2D eigenvalue weighted by molar-refractivity contribution is 0.0962. The van der Waals surface area contributed by atoms with Crippen molar-refractivity contribution >= 4 is 23.2 Å². The topological polar surface area (TPSA) is 117 Å². The zero-order valence-electron chi connectivity index (χ0n) is 17.8. The first-order chi connectivity index (χ1) is 13.6. The van der Waals surface area contributed by atoms with Gasteiger partial charge in [0.25, 0.3) is 5.91 Å². The molecule has 2 aromatic rings. The number of hydrogen-bond acceptors (Lipinski definition) is 7. The lowest BCUT2D eigenvalue weighted by Crippen LogP contribution is -2.60. The van der Waals surface area contributed by atoms with Crippen LogP contribution in [0.3, 0.4) is 0 Å². The lowest BCUT2D eigenvalue weighted by Gasteiger charge is -2.46. The first kappa shape index (κ1) is 20.9. The van der Waals surface area contributed by atoms with Crippen LogP contribution < -0.4 is 27.2 Å². The first-order valence-corrected chi connectivity index (χ1v) is 9.85. The van der Waals surface area contributed by atoms with Crippen molar-refractivity contribution in [3.05, 3.63) is 41.7 Å². The molecule has 1 saturated heterocycles. The molecule has 2 heterocycles. The van der Waals surface area contributed by atoms with Gasteiger partial charge in [-0.05, 0) is 59.1 Å². The molecule has 3 rings (SSSR count). The highest BCUT2D eigenvalue weighted by molar-refractivity contribution is 5.96. The van der Waals surface area contributed by atoms with E-state index in [4.69, 9.17) is 5.73 Å². The number of amides is 1. The van der Waals surface area contributed by atoms with Crippen molar-refractivity contribution in [3.63, 3.8) is 0 Å². The molecule has 0 saturated carbocycles. The number of aryl methyl sites for hydroxylation is 1. The van der Waals surface area contributed by atoms with Crippen LogP contribution in [0.1, 0.15) is 56.5 Å². The molecule has 0 spiro atoms. The van der Waals surface area contributed by atoms with E-state index in [1.54, 1.807) is 6.07 Å². The summed E-state index contributed by atoms with van der Waals surface area (Å²) in [6.45, 7) is 10.7. The number of carbonyl (C=O) groups excluding carboxylic acids is 1. The summed E-state index contributed by atoms with van der Waals surface area (Å²) in [6.07, 6.45) is 3.30. The lowest BCUT2D eigenvalue weighted by atomic mass is 9.79. The fourth-order valence-corrected chi connectivity index (χ4v) is 4.24. The van der Waals surface area contributed by atoms with Crippen LogP contribution in [0.5, 0.6) is 0 Å². The van der Waals surface area contributed by atoms with Gasteiger partial charge in [-0.2, -0.15) is 0 Å². The minimum absolute atomic E-state index is 0.00378. The van der Waals surface area contributed by atoms with Gasteiger partial charge in [0, 0.05) is 22.7 Å². The molecule has 8 nitrogen and oxygen atoms in total. The summed E-state index contributed by atoms with van der Waals surface area (Å²) in [5.74, 6) is 0.667. The number of rotatable bonds is 5. The molecule has 29 heavy (non-hydrogen) atoms. The normalized spacial score (nSPS) is 18.1. The minimum atomic E-state index is -0.252. The zero-order valence-corrected chi connectivity index (χ0v) is 17.8. The maximum absolute atomic E-state index is 12.4. The van der Waals surface area contributed by atoms with Gasteiger partial charge in [0.2, 0.25) is 0 Å². The van der Waals surface area contributed by atoms with E-state index < -0.39 is 0 Å². The Morgan fingerprint density at radius 2 is 1.72 bits per heavy atom. The monoisotopic (exact) mass is 397 g/mol. The van der Waals surface area contributed by atoms with Crippen LogP contribution >= 0.6 is 0 Å². The third-order valence-electron chi connectivity index (χ3n) is 5.10. The van der Waals surface area contributed by atoms with Gasteiger partial charge in [-0.1, -0.05) is 18.2 Å². The molecule has 156 valence electrons. The second kappa shape index (κ2) is 7.87. The predicted octanol–water partition coefficient (Wildman–Crippen LogP) is 2.85. The molecule has 0 atom stereocenters. The second-order valence-electron chi connectivity index (χ2n) is 9.02. The average molecular weight is 398 g/mol. The second-order valence-corrected chi connectivity index (χ2v) is 9.02. The number of carbonyl (C=O) groups is 1. The van der Waals surface area contributed by atoms with Crippen LogP contribution in [0.4, 0.5) is 17.3 Å². The van der Waals surface area contributed by atoms with Gasteiger partial charge in [0.1, 0.15) is 12.0 Å². The molecule has 1 amide bonds. The summed E-state index contributed by atoms with van der Waals surface area (Å²) in [6, 6.07) is 7.59. The molecule has 0 aliphatic carbocycles. The molecule has 0 bridgehead atoms. The van der Waals surface area contributed by atoms with E-state index in [0.717, 1.165) is 18.4 Å². The molecule has 1 aromatic heterocycles. The van der Waals surface area contributed by atoms with Crippen LogP contribution in [0, 0.1) is 6.92 Å². The molecule has 6 N–H and O–H groups in total. The number of nitrogens with one attached hydrogen (secondary N) is 4. The molecule has 1 fully saturated rings. The number of hydrogen-bond donors (Lipinski definition) is 5. The molecular formula is C21H31N7O. The summed E-state index contributed by atoms with van der Waals surface area (Å²) in [7, 11) is 0. The van der Waals surface area contributed by atoms with E-state index >= 15 is 0 Å². The minimum Gasteiger partial charge on any atom is -0.393 e. The number of nitrogens with two attached hydrogens (primary N) is 1. The smallest absolute Gasteiger partial charge is 0.269 e. The predicted molar refractivity (Wildman–Crippen MR) is 117 cm³/mol. The molecule has 1 aliphatic rings. The van der Waals surface area contributed by atoms with Crippen LogP contribution in [0.2, 0.25) is 0 Å². The van der Waals surface area contributed by atoms with Crippen LogP contribution in [-0.4, -0.2) is 33.0 Å². The fourth-order valence-electron chi connectivity index (χ4n) is 4.24. The molecule has 8 heteroatoms. The van der Waals surface area contributed by atoms with Gasteiger partial charge in [-0.15, -0.1) is 0 Å². The Morgan fingerprint density at radius 1 is 1.10 bits per heavy atom. The fraction of sp³-hybridized carbons (Fsp3) is 0.476. The highest BCUT2D eigenvalue weighted by Crippen LogP contribution is 2.32. The number of nitrogens with zero attached hydrogens (tertiary/aromatic N) is 2. The third kappa shape index (κ3) is 5.14. The Balaban J connectivity index is 1.70. The van der Waals surface area contributed by atoms with Gasteiger partial charge in [0.05, 0.1) is 0 Å². The van der Waals surface area contributed by atoms with Crippen LogP contribution in [-0.2, 0) is 0 Å². The van der Waals surface area contributed by atoms with E-state index in [1.807, 2.05) is 25.1 Å². The Morgan fingerprint density at radius 3 is 2.38 bits per heavy atom. The van der Waals surface area contributed by atoms with E-state index in [9.17, 15) is 4.79 Å². The maximum Gasteiger partial charge on any atom is 0.269 e.